The van der Waals surface area contributed by atoms with E-state index in [0.717, 1.165) is 16.0 Å². The molecule has 1 aliphatic rings. The minimum atomic E-state index is -0.861. The van der Waals surface area contributed by atoms with Crippen molar-refractivity contribution in [3.05, 3.63) is 117 Å². The number of carbonyl (C=O) groups is 4. The molecule has 1 aliphatic heterocycles. The Morgan fingerprint density at radius 1 is 0.933 bits per heavy atom. The van der Waals surface area contributed by atoms with Crippen molar-refractivity contribution in [1.82, 2.24) is 5.32 Å². The zero-order valence-electron chi connectivity index (χ0n) is 24.3. The number of amides is 5. The molecule has 0 aliphatic carbocycles. The van der Waals surface area contributed by atoms with Crippen molar-refractivity contribution < 1.29 is 33.4 Å². The molecule has 2 N–H and O–H groups in total. The molecule has 0 aromatic heterocycles. The van der Waals surface area contributed by atoms with Crippen molar-refractivity contribution in [2.45, 2.75) is 13.5 Å². The zero-order valence-corrected chi connectivity index (χ0v) is 26.5. The lowest BCUT2D eigenvalue weighted by molar-refractivity contribution is -0.122. The van der Waals surface area contributed by atoms with Crippen LogP contribution >= 0.6 is 22.6 Å². The van der Waals surface area contributed by atoms with E-state index in [1.165, 1.54) is 13.2 Å². The second-order valence-corrected chi connectivity index (χ2v) is 11.1. The number of anilines is 2. The molecule has 1 saturated heterocycles. The normalized spacial score (nSPS) is 13.8. The second-order valence-electron chi connectivity index (χ2n) is 9.91. The van der Waals surface area contributed by atoms with Crippen molar-refractivity contribution in [2.24, 2.45) is 0 Å². The number of barbiturate groups is 1. The van der Waals surface area contributed by atoms with Crippen LogP contribution in [0, 0.1) is 10.5 Å². The molecule has 11 heteroatoms. The number of hydrogen-bond acceptors (Lipinski definition) is 7. The molecular weight excluding hydrogens is 689 g/mol. The van der Waals surface area contributed by atoms with E-state index in [9.17, 15) is 19.2 Å². The highest BCUT2D eigenvalue weighted by Crippen LogP contribution is 2.35. The molecule has 228 valence electrons. The van der Waals surface area contributed by atoms with Crippen molar-refractivity contribution in [3.63, 3.8) is 0 Å². The first-order valence-corrected chi connectivity index (χ1v) is 14.9. The van der Waals surface area contributed by atoms with Crippen LogP contribution in [0.5, 0.6) is 17.2 Å². The lowest BCUT2D eigenvalue weighted by Gasteiger charge is -2.26. The number of para-hydroxylation sites is 1. The summed E-state index contributed by atoms with van der Waals surface area (Å²) in [4.78, 5) is 52.3. The largest absolute Gasteiger partial charge is 0.493 e. The van der Waals surface area contributed by atoms with Gasteiger partial charge in [0.15, 0.2) is 18.1 Å². The number of nitrogens with one attached hydrogen (secondary N) is 2. The zero-order chi connectivity index (χ0) is 31.9. The van der Waals surface area contributed by atoms with E-state index >= 15 is 0 Å². The van der Waals surface area contributed by atoms with Crippen LogP contribution in [-0.2, 0) is 21.0 Å². The molecule has 10 nitrogen and oxygen atoms in total. The molecule has 1 fully saturated rings. The molecule has 0 spiro atoms. The Kier molecular flexibility index (Phi) is 9.78. The Balaban J connectivity index is 1.31. The Morgan fingerprint density at radius 3 is 2.36 bits per heavy atom. The van der Waals surface area contributed by atoms with Gasteiger partial charge in [-0.1, -0.05) is 48.5 Å². The average Bonchev–Trinajstić information content (AvgIpc) is 3.03. The van der Waals surface area contributed by atoms with Crippen LogP contribution in [0.4, 0.5) is 16.2 Å². The molecule has 1 heterocycles. The fourth-order valence-corrected chi connectivity index (χ4v) is 5.27. The van der Waals surface area contributed by atoms with E-state index in [4.69, 9.17) is 14.2 Å². The Morgan fingerprint density at radius 2 is 1.64 bits per heavy atom. The third-order valence-corrected chi connectivity index (χ3v) is 7.58. The topological polar surface area (TPSA) is 123 Å². The van der Waals surface area contributed by atoms with Crippen molar-refractivity contribution in [1.29, 1.82) is 0 Å². The van der Waals surface area contributed by atoms with Gasteiger partial charge in [0.05, 0.1) is 16.4 Å². The summed E-state index contributed by atoms with van der Waals surface area (Å²) in [6.07, 6.45) is 1.37. The number of halogens is 1. The molecular formula is C34H28IN3O7. The van der Waals surface area contributed by atoms with E-state index in [2.05, 4.69) is 10.6 Å². The van der Waals surface area contributed by atoms with E-state index < -0.39 is 17.8 Å². The Bertz CT molecular complexity index is 1790. The quantitative estimate of drug-likeness (QED) is 0.120. The van der Waals surface area contributed by atoms with Gasteiger partial charge in [0, 0.05) is 5.69 Å². The highest BCUT2D eigenvalue weighted by molar-refractivity contribution is 14.1. The van der Waals surface area contributed by atoms with Gasteiger partial charge in [-0.2, -0.15) is 0 Å². The third-order valence-electron chi connectivity index (χ3n) is 6.77. The maximum absolute atomic E-state index is 13.4. The number of ether oxygens (including phenoxy) is 3. The van der Waals surface area contributed by atoms with Crippen LogP contribution in [0.15, 0.2) is 96.6 Å². The number of benzene rings is 4. The first kappa shape index (κ1) is 31.3. The van der Waals surface area contributed by atoms with E-state index in [1.807, 2.05) is 78.0 Å². The van der Waals surface area contributed by atoms with E-state index in [0.29, 0.717) is 38.7 Å². The fraction of sp³-hybridized carbons (Fsp3) is 0.118. The SMILES string of the molecule is COc1cc(/C=C2/C(=O)NC(=O)N(c3ccc(OCc4ccccc4)cc3)C2=O)cc(I)c1OCC(=O)Nc1ccccc1C. The lowest BCUT2D eigenvalue weighted by Crippen LogP contribution is -2.54. The molecule has 45 heavy (non-hydrogen) atoms. The van der Waals surface area contributed by atoms with E-state index in [-0.39, 0.29) is 23.8 Å². The maximum atomic E-state index is 13.4. The second kappa shape index (κ2) is 14.1. The first-order chi connectivity index (χ1) is 21.7. The van der Waals surface area contributed by atoms with Gasteiger partial charge in [-0.3, -0.25) is 19.7 Å². The van der Waals surface area contributed by atoms with E-state index in [1.54, 1.807) is 42.5 Å². The third kappa shape index (κ3) is 7.50. The van der Waals surface area contributed by atoms with Gasteiger partial charge in [0.25, 0.3) is 17.7 Å². The predicted molar refractivity (Wildman–Crippen MR) is 177 cm³/mol. The van der Waals surface area contributed by atoms with Crippen molar-refractivity contribution in [2.75, 3.05) is 23.9 Å². The van der Waals surface area contributed by atoms with Gasteiger partial charge in [-0.05, 0) is 94.7 Å². The van der Waals surface area contributed by atoms with Gasteiger partial charge < -0.3 is 19.5 Å². The lowest BCUT2D eigenvalue weighted by atomic mass is 10.1. The number of methoxy groups -OCH3 is 1. The van der Waals surface area contributed by atoms with Crippen LogP contribution in [0.2, 0.25) is 0 Å². The summed E-state index contributed by atoms with van der Waals surface area (Å²) in [6.45, 7) is 1.98. The van der Waals surface area contributed by atoms with Crippen LogP contribution in [0.25, 0.3) is 6.08 Å². The molecule has 4 aromatic carbocycles. The van der Waals surface area contributed by atoms with Gasteiger partial charge in [0.1, 0.15) is 17.9 Å². The molecule has 5 amide bonds. The van der Waals surface area contributed by atoms with Crippen LogP contribution < -0.4 is 29.7 Å². The summed E-state index contributed by atoms with van der Waals surface area (Å²) >= 11 is 2.02. The van der Waals surface area contributed by atoms with Crippen LogP contribution in [0.3, 0.4) is 0 Å². The standard InChI is InChI=1S/C34H28IN3O7/c1-21-8-6-7-11-28(21)36-30(39)20-45-31-27(35)17-23(18-29(31)43-2)16-26-32(40)37-34(42)38(33(26)41)24-12-14-25(15-13-24)44-19-22-9-4-3-5-10-22/h3-18H,19-20H2,1-2H3,(H,36,39)(H,37,40,42)/b26-16-. The summed E-state index contributed by atoms with van der Waals surface area (Å²) < 4.78 is 17.6. The predicted octanol–water partition coefficient (Wildman–Crippen LogP) is 5.87. The van der Waals surface area contributed by atoms with Gasteiger partial charge in [-0.25, -0.2) is 9.69 Å². The number of hydrogen-bond donors (Lipinski definition) is 2. The summed E-state index contributed by atoms with van der Waals surface area (Å²) in [6, 6.07) is 25.9. The average molecular weight is 718 g/mol. The fourth-order valence-electron chi connectivity index (χ4n) is 4.49. The number of nitrogens with zero attached hydrogens (tertiary/aromatic N) is 1. The summed E-state index contributed by atoms with van der Waals surface area (Å²) in [5.74, 6) is -0.796. The summed E-state index contributed by atoms with van der Waals surface area (Å²) in [5, 5.41) is 5.04. The summed E-state index contributed by atoms with van der Waals surface area (Å²) in [5.41, 5.74) is 3.07. The molecule has 5 rings (SSSR count). The van der Waals surface area contributed by atoms with Crippen LogP contribution in [-0.4, -0.2) is 37.5 Å². The highest BCUT2D eigenvalue weighted by atomic mass is 127. The minimum absolute atomic E-state index is 0.247. The van der Waals surface area contributed by atoms with Gasteiger partial charge >= 0.3 is 6.03 Å². The molecule has 0 atom stereocenters. The maximum Gasteiger partial charge on any atom is 0.335 e. The number of urea groups is 1. The monoisotopic (exact) mass is 717 g/mol. The van der Waals surface area contributed by atoms with Crippen molar-refractivity contribution in [3.8, 4) is 17.2 Å². The molecule has 0 radical (unpaired) electrons. The first-order valence-electron chi connectivity index (χ1n) is 13.8. The number of aryl methyl sites for hydroxylation is 1. The minimum Gasteiger partial charge on any atom is -0.493 e. The van der Waals surface area contributed by atoms with Gasteiger partial charge in [0.2, 0.25) is 0 Å². The van der Waals surface area contributed by atoms with Crippen molar-refractivity contribution >= 4 is 63.8 Å². The molecule has 4 aromatic rings. The smallest absolute Gasteiger partial charge is 0.335 e. The Hall–Kier alpha value is -5.17. The summed E-state index contributed by atoms with van der Waals surface area (Å²) in [7, 11) is 1.44. The number of carbonyl (C=O) groups excluding carboxylic acids is 4. The number of imide groups is 2. The molecule has 0 bridgehead atoms. The molecule has 0 unspecified atom stereocenters. The Labute approximate surface area is 273 Å². The highest BCUT2D eigenvalue weighted by Gasteiger charge is 2.37. The van der Waals surface area contributed by atoms with Crippen LogP contribution in [0.1, 0.15) is 16.7 Å². The number of rotatable bonds is 10. The van der Waals surface area contributed by atoms with Gasteiger partial charge in [-0.15, -0.1) is 0 Å². The molecule has 0 saturated carbocycles.